The second-order valence-electron chi connectivity index (χ2n) is 2.52. The highest BCUT2D eigenvalue weighted by Crippen LogP contribution is 2.13. The number of rotatable bonds is 1. The third-order valence-corrected chi connectivity index (χ3v) is 3.31. The Labute approximate surface area is 103 Å². The standard InChI is InChI=1S/C9H5Br2N2S/c10-8-3-1-2-6(12-8)7-4-5-14-9(11)13-7/h1-5H/q+1. The Balaban J connectivity index is 2.50. The van der Waals surface area contributed by atoms with Gasteiger partial charge in [-0.2, -0.15) is 0 Å². The van der Waals surface area contributed by atoms with Gasteiger partial charge < -0.3 is 0 Å². The van der Waals surface area contributed by atoms with E-state index in [4.69, 9.17) is 0 Å². The second kappa shape index (κ2) is 4.45. The van der Waals surface area contributed by atoms with E-state index in [0.29, 0.717) is 0 Å². The van der Waals surface area contributed by atoms with Gasteiger partial charge in [0.1, 0.15) is 4.60 Å². The SMILES string of the molecule is BrC1=[N+]=C(c2cccc(Br)n2)C=CS1. The van der Waals surface area contributed by atoms with Crippen molar-refractivity contribution in [3.8, 4) is 0 Å². The quantitative estimate of drug-likeness (QED) is 0.584. The fraction of sp³-hybridized carbons (Fsp3) is 0. The minimum atomic E-state index is 0.820. The Morgan fingerprint density at radius 3 is 2.86 bits per heavy atom. The van der Waals surface area contributed by atoms with Crippen LogP contribution in [-0.2, 0) is 0 Å². The lowest BCUT2D eigenvalue weighted by Gasteiger charge is -1.93. The molecule has 1 aliphatic heterocycles. The van der Waals surface area contributed by atoms with Crippen molar-refractivity contribution in [2.45, 2.75) is 0 Å². The first-order valence-electron chi connectivity index (χ1n) is 3.83. The van der Waals surface area contributed by atoms with Crippen molar-refractivity contribution in [1.29, 1.82) is 0 Å². The molecule has 0 saturated carbocycles. The maximum atomic E-state index is 4.34. The number of halogens is 2. The molecule has 1 aliphatic rings. The highest BCUT2D eigenvalue weighted by atomic mass is 79.9. The number of hydrogen-bond donors (Lipinski definition) is 0. The molecule has 5 heteroatoms. The molecule has 2 rings (SSSR count). The van der Waals surface area contributed by atoms with E-state index in [1.54, 1.807) is 11.8 Å². The molecule has 1 aromatic rings. The second-order valence-corrected chi connectivity index (χ2v) is 5.50. The number of thioether (sulfide) groups is 1. The summed E-state index contributed by atoms with van der Waals surface area (Å²) in [4.78, 5) is 4.32. The van der Waals surface area contributed by atoms with Gasteiger partial charge in [-0.05, 0) is 45.2 Å². The molecular weight excluding hydrogens is 328 g/mol. The summed E-state index contributed by atoms with van der Waals surface area (Å²) >= 11 is 8.22. The highest BCUT2D eigenvalue weighted by Gasteiger charge is 2.17. The zero-order valence-corrected chi connectivity index (χ0v) is 10.9. The summed E-state index contributed by atoms with van der Waals surface area (Å²) in [6.07, 6.45) is 1.95. The van der Waals surface area contributed by atoms with E-state index >= 15 is 0 Å². The Hall–Kier alpha value is -0.350. The van der Waals surface area contributed by atoms with Crippen molar-refractivity contribution in [2.24, 2.45) is 0 Å². The van der Waals surface area contributed by atoms with Crippen LogP contribution in [0, 0.1) is 0 Å². The van der Waals surface area contributed by atoms with Crippen LogP contribution in [0.15, 0.2) is 34.3 Å². The topological polar surface area (TPSA) is 27.0 Å². The van der Waals surface area contributed by atoms with Crippen molar-refractivity contribution < 1.29 is 0 Å². The molecule has 2 nitrogen and oxygen atoms in total. The molecule has 14 heavy (non-hydrogen) atoms. The Kier molecular flexibility index (Phi) is 3.23. The largest absolute Gasteiger partial charge is 0.407 e. The van der Waals surface area contributed by atoms with Crippen molar-refractivity contribution in [2.75, 3.05) is 0 Å². The van der Waals surface area contributed by atoms with Crippen LogP contribution >= 0.6 is 43.6 Å². The van der Waals surface area contributed by atoms with E-state index in [1.807, 2.05) is 29.7 Å². The molecule has 0 saturated heterocycles. The smallest absolute Gasteiger partial charge is 0.233 e. The Morgan fingerprint density at radius 1 is 1.29 bits per heavy atom. The van der Waals surface area contributed by atoms with Crippen LogP contribution in [0.3, 0.4) is 0 Å². The summed E-state index contributed by atoms with van der Waals surface area (Å²) in [5.74, 6) is 0. The molecule has 70 valence electrons. The average molecular weight is 333 g/mol. The summed E-state index contributed by atoms with van der Waals surface area (Å²) in [5.41, 5.74) is 1.74. The van der Waals surface area contributed by atoms with Crippen LogP contribution in [0.25, 0.3) is 0 Å². The minimum absolute atomic E-state index is 0.820. The van der Waals surface area contributed by atoms with Gasteiger partial charge in [-0.25, -0.2) is 4.98 Å². The third-order valence-electron chi connectivity index (χ3n) is 1.58. The number of nitrogens with zero attached hydrogens (tertiary/aromatic N) is 2. The summed E-state index contributed by atoms with van der Waals surface area (Å²) < 4.78 is 6.01. The minimum Gasteiger partial charge on any atom is -0.233 e. The summed E-state index contributed by atoms with van der Waals surface area (Å²) in [6.45, 7) is 0. The monoisotopic (exact) mass is 331 g/mol. The van der Waals surface area contributed by atoms with E-state index in [0.717, 1.165) is 20.0 Å². The van der Waals surface area contributed by atoms with Gasteiger partial charge in [0.2, 0.25) is 0 Å². The molecular formula is C9H5Br2N2S+. The highest BCUT2D eigenvalue weighted by molar-refractivity contribution is 9.22. The fourth-order valence-electron chi connectivity index (χ4n) is 1.01. The van der Waals surface area contributed by atoms with Crippen LogP contribution in [0.4, 0.5) is 0 Å². The number of allylic oxidation sites excluding steroid dienone is 1. The van der Waals surface area contributed by atoms with Gasteiger partial charge in [0, 0.05) is 6.08 Å². The van der Waals surface area contributed by atoms with Gasteiger partial charge in [-0.3, -0.25) is 0 Å². The van der Waals surface area contributed by atoms with E-state index < -0.39 is 0 Å². The van der Waals surface area contributed by atoms with Gasteiger partial charge >= 0.3 is 9.66 Å². The Bertz CT molecular complexity index is 462. The number of aromatic nitrogens is 1. The molecule has 0 radical (unpaired) electrons. The van der Waals surface area contributed by atoms with Gasteiger partial charge in [-0.15, -0.1) is 0 Å². The van der Waals surface area contributed by atoms with E-state index in [9.17, 15) is 0 Å². The van der Waals surface area contributed by atoms with Crippen molar-refractivity contribution in [3.63, 3.8) is 0 Å². The van der Waals surface area contributed by atoms with E-state index in [2.05, 4.69) is 41.5 Å². The fourth-order valence-corrected chi connectivity index (χ4v) is 2.33. The van der Waals surface area contributed by atoms with Gasteiger partial charge in [0.25, 0.3) is 0 Å². The van der Waals surface area contributed by atoms with Gasteiger partial charge in [0.15, 0.2) is 5.69 Å². The zero-order valence-electron chi connectivity index (χ0n) is 6.95. The van der Waals surface area contributed by atoms with Crippen molar-refractivity contribution in [1.82, 2.24) is 9.65 Å². The van der Waals surface area contributed by atoms with Gasteiger partial charge in [0.05, 0.1) is 15.9 Å². The maximum Gasteiger partial charge on any atom is 0.407 e. The molecule has 0 unspecified atom stereocenters. The first kappa shape index (κ1) is 10.2. The molecule has 0 bridgehead atoms. The van der Waals surface area contributed by atoms with Crippen LogP contribution in [0.2, 0.25) is 0 Å². The molecule has 0 aromatic carbocycles. The lowest BCUT2D eigenvalue weighted by atomic mass is 10.2. The van der Waals surface area contributed by atoms with Crippen LogP contribution < -0.4 is 4.67 Å². The Morgan fingerprint density at radius 2 is 2.14 bits per heavy atom. The third kappa shape index (κ3) is 2.36. The molecule has 0 N–H and O–H groups in total. The van der Waals surface area contributed by atoms with Crippen LogP contribution in [-0.4, -0.2) is 14.6 Å². The normalized spacial score (nSPS) is 15.0. The first-order valence-corrected chi connectivity index (χ1v) is 6.29. The van der Waals surface area contributed by atoms with Gasteiger partial charge in [-0.1, -0.05) is 10.7 Å². The number of hydrogen-bond acceptors (Lipinski definition) is 2. The molecule has 0 spiro atoms. The van der Waals surface area contributed by atoms with Crippen molar-refractivity contribution in [3.05, 3.63) is 40.0 Å². The molecule has 0 aliphatic carbocycles. The van der Waals surface area contributed by atoms with Crippen molar-refractivity contribution >= 4 is 53.3 Å². The van der Waals surface area contributed by atoms with Crippen LogP contribution in [0.5, 0.6) is 0 Å². The summed E-state index contributed by atoms with van der Waals surface area (Å²) in [7, 11) is 0. The molecule has 0 atom stereocenters. The predicted octanol–water partition coefficient (Wildman–Crippen LogP) is 2.71. The molecule has 0 fully saturated rings. The molecule has 0 amide bonds. The lowest BCUT2D eigenvalue weighted by Crippen LogP contribution is -2.07. The molecule has 1 aromatic heterocycles. The van der Waals surface area contributed by atoms with E-state index in [1.165, 1.54) is 0 Å². The zero-order chi connectivity index (χ0) is 9.97. The van der Waals surface area contributed by atoms with Crippen LogP contribution in [0.1, 0.15) is 5.69 Å². The summed E-state index contributed by atoms with van der Waals surface area (Å²) in [5, 5.41) is 1.98. The number of pyridine rings is 1. The maximum absolute atomic E-state index is 4.34. The average Bonchev–Trinajstić information content (AvgIpc) is 2.18. The first-order chi connectivity index (χ1) is 6.75. The molecule has 2 heterocycles. The predicted molar refractivity (Wildman–Crippen MR) is 68.8 cm³/mol. The summed E-state index contributed by atoms with van der Waals surface area (Å²) in [6, 6.07) is 5.77. The van der Waals surface area contributed by atoms with E-state index in [-0.39, 0.29) is 0 Å². The lowest BCUT2D eigenvalue weighted by molar-refractivity contribution is 1.24.